The zero-order valence-corrected chi connectivity index (χ0v) is 35.3. The van der Waals surface area contributed by atoms with E-state index >= 15 is 0 Å². The van der Waals surface area contributed by atoms with Crippen LogP contribution in [0.3, 0.4) is 0 Å². The summed E-state index contributed by atoms with van der Waals surface area (Å²) in [5.74, 6) is 2.81. The summed E-state index contributed by atoms with van der Waals surface area (Å²) in [6.07, 6.45) is 0. The molecule has 2 aliphatic heterocycles. The maximum Gasteiger partial charge on any atom is 0.257 e. The zero-order chi connectivity index (χ0) is 35.8. The average molecular weight is 731 g/mol. The van der Waals surface area contributed by atoms with Crippen molar-refractivity contribution in [3.8, 4) is 0 Å². The number of fused-ring (bicyclic) bond motifs is 4. The van der Waals surface area contributed by atoms with Crippen molar-refractivity contribution in [3.05, 3.63) is 92.7 Å². The lowest BCUT2D eigenvalue weighted by atomic mass is 9.35. The predicted octanol–water partition coefficient (Wildman–Crippen LogP) is 10.5. The Morgan fingerprint density at radius 1 is 0.400 bits per heavy atom. The summed E-state index contributed by atoms with van der Waals surface area (Å²) in [6.45, 7) is 29.1. The van der Waals surface area contributed by atoms with Crippen molar-refractivity contribution in [3.63, 3.8) is 0 Å². The molecule has 4 heterocycles. The minimum absolute atomic E-state index is 0.244. The quantitative estimate of drug-likeness (QED) is 0.143. The molecule has 258 valence electrons. The molecule has 0 amide bonds. The predicted molar refractivity (Wildman–Crippen MR) is 230 cm³/mol. The molecule has 0 saturated carbocycles. The molecule has 6 heteroatoms. The standard InChI is InChI=1S/C44H52B2S4/c1-23(2)29-17-31(25(5)6)41(32(18-29)26(7)8)45-35-21-40-36(22-39(35)49-37-13-15-47-43(37)45)46(44-38(50-40)14-16-48-44)42-33(27(9)10)19-30(24(3)4)20-34(42)28(11)12/h13-28H,1-12H3. The van der Waals surface area contributed by atoms with Gasteiger partial charge in [0.2, 0.25) is 0 Å². The highest BCUT2D eigenvalue weighted by atomic mass is 32.2. The van der Waals surface area contributed by atoms with Gasteiger partial charge in [-0.25, -0.2) is 0 Å². The molecular formula is C44H52B2S4. The summed E-state index contributed by atoms with van der Waals surface area (Å²) in [5, 5.41) is 4.66. The molecule has 0 nitrogen and oxygen atoms in total. The molecule has 3 aromatic carbocycles. The molecule has 0 atom stereocenters. The number of hydrogen-bond donors (Lipinski definition) is 0. The summed E-state index contributed by atoms with van der Waals surface area (Å²) in [5.41, 5.74) is 15.2. The highest BCUT2D eigenvalue weighted by molar-refractivity contribution is 8.01. The maximum absolute atomic E-state index is 2.64. The minimum atomic E-state index is 0.244. The van der Waals surface area contributed by atoms with Crippen LogP contribution in [0.1, 0.15) is 152 Å². The van der Waals surface area contributed by atoms with E-state index in [-0.39, 0.29) is 13.4 Å². The molecule has 7 rings (SSSR count). The Labute approximate surface area is 319 Å². The van der Waals surface area contributed by atoms with E-state index in [1.54, 1.807) is 10.9 Å². The van der Waals surface area contributed by atoms with Crippen LogP contribution in [0.4, 0.5) is 0 Å². The fourth-order valence-corrected chi connectivity index (χ4v) is 12.9. The van der Waals surface area contributed by atoms with Crippen LogP contribution in [0.2, 0.25) is 0 Å². The molecule has 0 bridgehead atoms. The molecule has 0 spiro atoms. The van der Waals surface area contributed by atoms with Crippen LogP contribution < -0.4 is 31.4 Å². The molecule has 0 unspecified atom stereocenters. The largest absolute Gasteiger partial charge is 0.257 e. The number of hydrogen-bond acceptors (Lipinski definition) is 4. The third-order valence-corrected chi connectivity index (χ3v) is 15.5. The van der Waals surface area contributed by atoms with Crippen molar-refractivity contribution in [2.75, 3.05) is 0 Å². The van der Waals surface area contributed by atoms with Gasteiger partial charge in [0, 0.05) is 19.6 Å². The molecule has 0 fully saturated rings. The van der Waals surface area contributed by atoms with Crippen molar-refractivity contribution >= 4 is 91.0 Å². The van der Waals surface area contributed by atoms with Gasteiger partial charge in [-0.2, -0.15) is 22.7 Å². The molecule has 50 heavy (non-hydrogen) atoms. The SMILES string of the molecule is CC(C)c1cc(C(C)C)c(B2c3cc4c(cc3Sc3ccsc32)B(c2c(C(C)C)cc(C(C)C)cc2C(C)C)c2sccc2S4)c(C(C)C)c1. The van der Waals surface area contributed by atoms with Gasteiger partial charge in [-0.3, -0.25) is 0 Å². The van der Waals surface area contributed by atoms with Crippen LogP contribution in [-0.2, 0) is 0 Å². The van der Waals surface area contributed by atoms with Gasteiger partial charge in [0.15, 0.2) is 0 Å². The van der Waals surface area contributed by atoms with Crippen LogP contribution in [-0.4, -0.2) is 13.4 Å². The van der Waals surface area contributed by atoms with Gasteiger partial charge >= 0.3 is 0 Å². The smallest absolute Gasteiger partial charge is 0.157 e. The highest BCUT2D eigenvalue weighted by Crippen LogP contribution is 2.39. The summed E-state index contributed by atoms with van der Waals surface area (Å²) < 4.78 is 3.04. The lowest BCUT2D eigenvalue weighted by Gasteiger charge is -2.34. The van der Waals surface area contributed by atoms with Crippen molar-refractivity contribution in [1.82, 2.24) is 0 Å². The third kappa shape index (κ3) is 6.22. The first kappa shape index (κ1) is 36.3. The second-order valence-electron chi connectivity index (χ2n) is 16.5. The van der Waals surface area contributed by atoms with E-state index < -0.39 is 0 Å². The first-order valence-corrected chi connectivity index (χ1v) is 22.2. The fourth-order valence-electron chi connectivity index (χ4n) is 8.21. The Bertz CT molecular complexity index is 1850. The molecule has 0 radical (unpaired) electrons. The lowest BCUT2D eigenvalue weighted by Crippen LogP contribution is -2.59. The average Bonchev–Trinajstić information content (AvgIpc) is 3.73. The van der Waals surface area contributed by atoms with E-state index in [0.717, 1.165) is 0 Å². The lowest BCUT2D eigenvalue weighted by molar-refractivity contribution is 0.812. The number of thiophene rings is 2. The van der Waals surface area contributed by atoms with Crippen molar-refractivity contribution < 1.29 is 0 Å². The minimum Gasteiger partial charge on any atom is -0.157 e. The molecule has 0 aliphatic carbocycles. The van der Waals surface area contributed by atoms with E-state index in [4.69, 9.17) is 0 Å². The van der Waals surface area contributed by atoms with Gasteiger partial charge in [-0.15, -0.1) is 0 Å². The first-order valence-electron chi connectivity index (χ1n) is 18.8. The Morgan fingerprint density at radius 3 is 1.00 bits per heavy atom. The normalized spacial score (nSPS) is 14.0. The van der Waals surface area contributed by atoms with Crippen molar-refractivity contribution in [2.24, 2.45) is 0 Å². The van der Waals surface area contributed by atoms with Crippen LogP contribution in [0.5, 0.6) is 0 Å². The van der Waals surface area contributed by atoms with Crippen molar-refractivity contribution in [2.45, 2.75) is 138 Å². The van der Waals surface area contributed by atoms with E-state index in [1.165, 1.54) is 73.4 Å². The van der Waals surface area contributed by atoms with E-state index in [2.05, 4.69) is 142 Å². The summed E-state index contributed by atoms with van der Waals surface area (Å²) >= 11 is 7.93. The second kappa shape index (κ2) is 14.0. The Morgan fingerprint density at radius 2 is 0.720 bits per heavy atom. The molecule has 5 aromatic rings. The van der Waals surface area contributed by atoms with E-state index in [0.29, 0.717) is 35.5 Å². The number of benzene rings is 3. The van der Waals surface area contributed by atoms with Crippen LogP contribution >= 0.6 is 46.2 Å². The van der Waals surface area contributed by atoms with Gasteiger partial charge < -0.3 is 0 Å². The van der Waals surface area contributed by atoms with Crippen LogP contribution in [0, 0.1) is 0 Å². The van der Waals surface area contributed by atoms with Gasteiger partial charge in [-0.1, -0.05) is 165 Å². The number of rotatable bonds is 8. The molecule has 0 saturated heterocycles. The second-order valence-corrected chi connectivity index (χ2v) is 20.5. The summed E-state index contributed by atoms with van der Waals surface area (Å²) in [4.78, 5) is 5.76. The van der Waals surface area contributed by atoms with Gasteiger partial charge in [0.1, 0.15) is 0 Å². The summed E-state index contributed by atoms with van der Waals surface area (Å²) in [7, 11) is 0. The Balaban J connectivity index is 1.51. The van der Waals surface area contributed by atoms with Gasteiger partial charge in [-0.05, 0) is 101 Å². The molecule has 0 N–H and O–H groups in total. The molecular weight excluding hydrogens is 678 g/mol. The molecule has 2 aromatic heterocycles. The summed E-state index contributed by atoms with van der Waals surface area (Å²) in [6, 6.07) is 20.2. The third-order valence-electron chi connectivity index (χ3n) is 11.0. The first-order chi connectivity index (χ1) is 23.8. The zero-order valence-electron chi connectivity index (χ0n) is 32.0. The van der Waals surface area contributed by atoms with Crippen molar-refractivity contribution in [1.29, 1.82) is 0 Å². The highest BCUT2D eigenvalue weighted by Gasteiger charge is 2.41. The van der Waals surface area contributed by atoms with Gasteiger partial charge in [0.25, 0.3) is 13.4 Å². The van der Waals surface area contributed by atoms with Gasteiger partial charge in [0.05, 0.1) is 0 Å². The monoisotopic (exact) mass is 730 g/mol. The van der Waals surface area contributed by atoms with E-state index in [9.17, 15) is 0 Å². The van der Waals surface area contributed by atoms with E-state index in [1.807, 2.05) is 46.2 Å². The molecule has 2 aliphatic rings. The topological polar surface area (TPSA) is 0 Å². The maximum atomic E-state index is 2.64. The van der Waals surface area contributed by atoms with Crippen LogP contribution in [0.25, 0.3) is 0 Å². The van der Waals surface area contributed by atoms with Crippen LogP contribution in [0.15, 0.2) is 78.9 Å². The fraction of sp³-hybridized carbons (Fsp3) is 0.409. The Hall–Kier alpha value is -2.11. The Kier molecular flexibility index (Phi) is 10.2.